The Morgan fingerprint density at radius 3 is 3.00 bits per heavy atom. The highest BCUT2D eigenvalue weighted by Crippen LogP contribution is 2.37. The van der Waals surface area contributed by atoms with E-state index in [0.29, 0.717) is 21.9 Å². The Bertz CT molecular complexity index is 612. The molecule has 2 aromatic heterocycles. The highest BCUT2D eigenvalue weighted by molar-refractivity contribution is 7.20. The second kappa shape index (κ2) is 4.77. The van der Waals surface area contributed by atoms with E-state index in [1.165, 1.54) is 11.3 Å². The van der Waals surface area contributed by atoms with Gasteiger partial charge in [-0.3, -0.25) is 4.79 Å². The van der Waals surface area contributed by atoms with Crippen LogP contribution in [-0.4, -0.2) is 29.0 Å². The molecule has 1 aliphatic carbocycles. The summed E-state index contributed by atoms with van der Waals surface area (Å²) in [4.78, 5) is 19.5. The number of carbonyl (C=O) groups excluding carboxylic acids is 1. The number of rotatable bonds is 3. The fourth-order valence-corrected chi connectivity index (χ4v) is 3.60. The van der Waals surface area contributed by atoms with Gasteiger partial charge in [0.25, 0.3) is 11.1 Å². The summed E-state index contributed by atoms with van der Waals surface area (Å²) >= 11 is 1.43. The van der Waals surface area contributed by atoms with Gasteiger partial charge < -0.3 is 15.0 Å². The molecule has 0 spiro atoms. The van der Waals surface area contributed by atoms with E-state index in [9.17, 15) is 4.79 Å². The molecule has 0 saturated heterocycles. The van der Waals surface area contributed by atoms with Crippen LogP contribution >= 0.6 is 11.3 Å². The Hall–Kier alpha value is -1.56. The molecule has 1 fully saturated rings. The standard InChI is InChI=1S/C14H19N3O2S/c1-14(2)5-4-8(7-14)15-12(18)9-6-10-11(16-9)17-13(19-3)20-10/h6,8,16H,4-5,7H2,1-3H3,(H,15,18). The summed E-state index contributed by atoms with van der Waals surface area (Å²) in [6.45, 7) is 4.50. The summed E-state index contributed by atoms with van der Waals surface area (Å²) in [6, 6.07) is 2.12. The van der Waals surface area contributed by atoms with Gasteiger partial charge in [0.1, 0.15) is 5.69 Å². The maximum atomic E-state index is 12.2. The Morgan fingerprint density at radius 2 is 2.40 bits per heavy atom. The fourth-order valence-electron chi connectivity index (χ4n) is 2.83. The van der Waals surface area contributed by atoms with Crippen molar-refractivity contribution in [3.8, 4) is 5.19 Å². The molecule has 3 rings (SSSR count). The summed E-state index contributed by atoms with van der Waals surface area (Å²) in [7, 11) is 1.59. The molecule has 2 aromatic rings. The first kappa shape index (κ1) is 13.4. The lowest BCUT2D eigenvalue weighted by molar-refractivity contribution is 0.0932. The van der Waals surface area contributed by atoms with Crippen molar-refractivity contribution < 1.29 is 9.53 Å². The molecule has 20 heavy (non-hydrogen) atoms. The van der Waals surface area contributed by atoms with Gasteiger partial charge in [-0.25, -0.2) is 0 Å². The second-order valence-electron chi connectivity index (χ2n) is 6.16. The van der Waals surface area contributed by atoms with Gasteiger partial charge in [0.05, 0.1) is 11.8 Å². The lowest BCUT2D eigenvalue weighted by Gasteiger charge is -2.17. The van der Waals surface area contributed by atoms with Crippen LogP contribution in [-0.2, 0) is 0 Å². The Morgan fingerprint density at radius 1 is 1.60 bits per heavy atom. The smallest absolute Gasteiger partial charge is 0.275 e. The van der Waals surface area contributed by atoms with Crippen LogP contribution in [0.1, 0.15) is 43.6 Å². The number of fused-ring (bicyclic) bond motifs is 1. The van der Waals surface area contributed by atoms with Crippen LogP contribution in [0.15, 0.2) is 6.07 Å². The zero-order valence-electron chi connectivity index (χ0n) is 11.9. The van der Waals surface area contributed by atoms with Crippen molar-refractivity contribution in [3.63, 3.8) is 0 Å². The first-order valence-corrected chi connectivity index (χ1v) is 7.63. The van der Waals surface area contributed by atoms with Crippen molar-refractivity contribution in [2.24, 2.45) is 5.41 Å². The normalized spacial score (nSPS) is 21.2. The van der Waals surface area contributed by atoms with E-state index in [0.717, 1.165) is 24.0 Å². The summed E-state index contributed by atoms with van der Waals surface area (Å²) in [5, 5.41) is 3.71. The number of hydrogen-bond donors (Lipinski definition) is 2. The monoisotopic (exact) mass is 293 g/mol. The SMILES string of the molecule is COc1nc2[nH]c(C(=O)NC3CCC(C)(C)C3)cc2s1. The molecule has 1 atom stereocenters. The summed E-state index contributed by atoms with van der Waals surface area (Å²) in [5.74, 6) is -0.0446. The number of methoxy groups -OCH3 is 1. The van der Waals surface area contributed by atoms with Gasteiger partial charge in [0, 0.05) is 6.04 Å². The predicted molar refractivity (Wildman–Crippen MR) is 79.4 cm³/mol. The van der Waals surface area contributed by atoms with E-state index < -0.39 is 0 Å². The number of H-pyrrole nitrogens is 1. The number of aromatic amines is 1. The molecule has 2 heterocycles. The third kappa shape index (κ3) is 2.52. The average molecular weight is 293 g/mol. The molecule has 108 valence electrons. The summed E-state index contributed by atoms with van der Waals surface area (Å²) in [5.41, 5.74) is 1.62. The van der Waals surface area contributed by atoms with E-state index >= 15 is 0 Å². The molecular formula is C14H19N3O2S. The molecule has 6 heteroatoms. The molecule has 0 aliphatic heterocycles. The molecule has 0 radical (unpaired) electrons. The molecule has 0 aromatic carbocycles. The topological polar surface area (TPSA) is 67.0 Å². The maximum absolute atomic E-state index is 12.2. The zero-order chi connectivity index (χ0) is 14.3. The maximum Gasteiger partial charge on any atom is 0.275 e. The number of aromatic nitrogens is 2. The summed E-state index contributed by atoms with van der Waals surface area (Å²) < 4.78 is 6.02. The molecule has 1 aliphatic rings. The van der Waals surface area contributed by atoms with Crippen LogP contribution in [0.4, 0.5) is 0 Å². The van der Waals surface area contributed by atoms with Crippen LogP contribution in [0.2, 0.25) is 0 Å². The van der Waals surface area contributed by atoms with Crippen LogP contribution in [0.25, 0.3) is 10.3 Å². The van der Waals surface area contributed by atoms with Gasteiger partial charge in [-0.1, -0.05) is 25.2 Å². The van der Waals surface area contributed by atoms with Crippen molar-refractivity contribution in [2.75, 3.05) is 7.11 Å². The second-order valence-corrected chi connectivity index (χ2v) is 7.15. The van der Waals surface area contributed by atoms with Gasteiger partial charge in [-0.2, -0.15) is 4.98 Å². The highest BCUT2D eigenvalue weighted by Gasteiger charge is 2.32. The summed E-state index contributed by atoms with van der Waals surface area (Å²) in [6.07, 6.45) is 3.26. The molecule has 1 unspecified atom stereocenters. The number of amides is 1. The largest absolute Gasteiger partial charge is 0.473 e. The number of hydrogen-bond acceptors (Lipinski definition) is 4. The average Bonchev–Trinajstić information content (AvgIpc) is 3.01. The van der Waals surface area contributed by atoms with Gasteiger partial charge in [-0.15, -0.1) is 0 Å². The number of ether oxygens (including phenoxy) is 1. The number of carbonyl (C=O) groups is 1. The van der Waals surface area contributed by atoms with E-state index in [2.05, 4.69) is 29.1 Å². The van der Waals surface area contributed by atoms with Gasteiger partial charge in [0.15, 0.2) is 5.65 Å². The molecule has 2 N–H and O–H groups in total. The third-order valence-corrected chi connectivity index (χ3v) is 4.85. The zero-order valence-corrected chi connectivity index (χ0v) is 12.8. The van der Waals surface area contributed by atoms with E-state index in [4.69, 9.17) is 4.74 Å². The quantitative estimate of drug-likeness (QED) is 0.914. The van der Waals surface area contributed by atoms with Crippen molar-refractivity contribution in [1.29, 1.82) is 0 Å². The Balaban J connectivity index is 1.71. The molecule has 0 bridgehead atoms. The highest BCUT2D eigenvalue weighted by atomic mass is 32.1. The lowest BCUT2D eigenvalue weighted by Crippen LogP contribution is -2.33. The number of nitrogens with zero attached hydrogens (tertiary/aromatic N) is 1. The fraction of sp³-hybridized carbons (Fsp3) is 0.571. The van der Waals surface area contributed by atoms with Crippen LogP contribution < -0.4 is 10.1 Å². The van der Waals surface area contributed by atoms with Crippen LogP contribution in [0.5, 0.6) is 5.19 Å². The van der Waals surface area contributed by atoms with Gasteiger partial charge in [-0.05, 0) is 30.7 Å². The first-order chi connectivity index (χ1) is 9.47. The predicted octanol–water partition coefficient (Wildman–Crippen LogP) is 2.94. The van der Waals surface area contributed by atoms with Gasteiger partial charge in [0.2, 0.25) is 0 Å². The van der Waals surface area contributed by atoms with Gasteiger partial charge >= 0.3 is 0 Å². The minimum absolute atomic E-state index is 0.0446. The number of nitrogens with one attached hydrogen (secondary N) is 2. The van der Waals surface area contributed by atoms with E-state index in [-0.39, 0.29) is 11.9 Å². The molecule has 1 amide bonds. The van der Waals surface area contributed by atoms with Crippen molar-refractivity contribution in [2.45, 2.75) is 39.2 Å². The lowest BCUT2D eigenvalue weighted by atomic mass is 9.92. The van der Waals surface area contributed by atoms with E-state index in [1.54, 1.807) is 7.11 Å². The first-order valence-electron chi connectivity index (χ1n) is 6.81. The molecule has 5 nitrogen and oxygen atoms in total. The Kier molecular flexibility index (Phi) is 3.20. The minimum Gasteiger partial charge on any atom is -0.473 e. The van der Waals surface area contributed by atoms with Crippen molar-refractivity contribution >= 4 is 27.6 Å². The van der Waals surface area contributed by atoms with Crippen LogP contribution in [0.3, 0.4) is 0 Å². The molecular weight excluding hydrogens is 274 g/mol. The minimum atomic E-state index is -0.0446. The third-order valence-electron chi connectivity index (χ3n) is 3.89. The van der Waals surface area contributed by atoms with Crippen LogP contribution in [0, 0.1) is 5.41 Å². The van der Waals surface area contributed by atoms with Crippen molar-refractivity contribution in [1.82, 2.24) is 15.3 Å². The van der Waals surface area contributed by atoms with Crippen molar-refractivity contribution in [3.05, 3.63) is 11.8 Å². The Labute approximate surface area is 121 Å². The van der Waals surface area contributed by atoms with E-state index in [1.807, 2.05) is 6.07 Å². The number of thiazole rings is 1. The molecule has 1 saturated carbocycles.